The number of fused-ring (bicyclic) bond motifs is 1. The summed E-state index contributed by atoms with van der Waals surface area (Å²) in [6, 6.07) is 6.68. The van der Waals surface area contributed by atoms with Gasteiger partial charge in [-0.1, -0.05) is 24.1 Å². The van der Waals surface area contributed by atoms with E-state index in [9.17, 15) is 14.4 Å². The molecule has 4 rings (SSSR count). The average Bonchev–Trinajstić information content (AvgIpc) is 3.13. The zero-order chi connectivity index (χ0) is 22.8. The molecule has 32 heavy (non-hydrogen) atoms. The van der Waals surface area contributed by atoms with Gasteiger partial charge in [-0.2, -0.15) is 0 Å². The SMILES string of the molecule is Cc1ccc(NC(=O)C(C)n2cnc3sc(C(=O)OC4CCCCC4)c(C)c3c2=O)cc1. The standard InChI is InChI=1S/C24H27N3O4S/c1-14-9-11-17(12-10-14)26-21(28)16(3)27-13-25-22-19(23(27)29)15(2)20(32-22)24(30)31-18-7-5-4-6-8-18/h9-13,16,18H,4-8H2,1-3H3,(H,26,28). The Morgan fingerprint density at radius 3 is 2.53 bits per heavy atom. The largest absolute Gasteiger partial charge is 0.458 e. The van der Waals surface area contributed by atoms with Crippen LogP contribution in [-0.4, -0.2) is 27.5 Å². The van der Waals surface area contributed by atoms with E-state index in [4.69, 9.17) is 4.74 Å². The molecule has 0 spiro atoms. The van der Waals surface area contributed by atoms with Gasteiger partial charge >= 0.3 is 5.97 Å². The van der Waals surface area contributed by atoms with Gasteiger partial charge in [0.15, 0.2) is 0 Å². The molecule has 1 amide bonds. The van der Waals surface area contributed by atoms with Crippen LogP contribution in [-0.2, 0) is 9.53 Å². The summed E-state index contributed by atoms with van der Waals surface area (Å²) < 4.78 is 7.00. The summed E-state index contributed by atoms with van der Waals surface area (Å²) in [6.45, 7) is 5.36. The van der Waals surface area contributed by atoms with Crippen molar-refractivity contribution in [1.82, 2.24) is 9.55 Å². The minimum absolute atomic E-state index is 0.0593. The molecule has 8 heteroatoms. The van der Waals surface area contributed by atoms with Crippen LogP contribution >= 0.6 is 11.3 Å². The summed E-state index contributed by atoms with van der Waals surface area (Å²) in [6.07, 6.45) is 6.39. The fourth-order valence-corrected chi connectivity index (χ4v) is 5.03. The Labute approximate surface area is 190 Å². The summed E-state index contributed by atoms with van der Waals surface area (Å²) in [7, 11) is 0. The Balaban J connectivity index is 1.58. The number of ether oxygens (including phenoxy) is 1. The van der Waals surface area contributed by atoms with Crippen LogP contribution < -0.4 is 10.9 Å². The van der Waals surface area contributed by atoms with Gasteiger partial charge in [0.2, 0.25) is 5.91 Å². The van der Waals surface area contributed by atoms with Crippen LogP contribution in [0.5, 0.6) is 0 Å². The Morgan fingerprint density at radius 1 is 1.16 bits per heavy atom. The third-order valence-electron chi connectivity index (χ3n) is 6.00. The molecule has 1 fully saturated rings. The maximum Gasteiger partial charge on any atom is 0.348 e. The van der Waals surface area contributed by atoms with Crippen LogP contribution in [0.4, 0.5) is 5.69 Å². The number of amides is 1. The molecule has 1 aliphatic rings. The first-order valence-electron chi connectivity index (χ1n) is 10.9. The number of benzene rings is 1. The van der Waals surface area contributed by atoms with Crippen LogP contribution in [0.1, 0.15) is 65.9 Å². The molecule has 1 unspecified atom stereocenters. The van der Waals surface area contributed by atoms with E-state index in [-0.39, 0.29) is 17.6 Å². The van der Waals surface area contributed by atoms with Gasteiger partial charge in [0, 0.05) is 5.69 Å². The number of nitrogens with one attached hydrogen (secondary N) is 1. The minimum Gasteiger partial charge on any atom is -0.458 e. The van der Waals surface area contributed by atoms with Crippen molar-refractivity contribution in [2.45, 2.75) is 65.0 Å². The normalized spacial score (nSPS) is 15.5. The molecule has 2 aromatic heterocycles. The molecule has 0 aliphatic heterocycles. The number of hydrogen-bond donors (Lipinski definition) is 1. The predicted octanol–water partition coefficient (Wildman–Crippen LogP) is 4.76. The second-order valence-corrected chi connectivity index (χ2v) is 9.39. The van der Waals surface area contributed by atoms with Crippen molar-refractivity contribution in [2.75, 3.05) is 5.32 Å². The van der Waals surface area contributed by atoms with Gasteiger partial charge in [0.05, 0.1) is 11.7 Å². The first-order chi connectivity index (χ1) is 15.3. The Morgan fingerprint density at radius 2 is 1.84 bits per heavy atom. The maximum atomic E-state index is 13.2. The van der Waals surface area contributed by atoms with Crippen molar-refractivity contribution >= 4 is 39.1 Å². The second kappa shape index (κ2) is 9.24. The van der Waals surface area contributed by atoms with Gasteiger partial charge in [-0.05, 0) is 64.2 Å². The highest BCUT2D eigenvalue weighted by atomic mass is 32.1. The molecule has 1 saturated carbocycles. The fraction of sp³-hybridized carbons (Fsp3) is 0.417. The van der Waals surface area contributed by atoms with Gasteiger partial charge in [-0.15, -0.1) is 11.3 Å². The van der Waals surface area contributed by atoms with E-state index in [2.05, 4.69) is 10.3 Å². The zero-order valence-electron chi connectivity index (χ0n) is 18.5. The Kier molecular flexibility index (Phi) is 6.41. The van der Waals surface area contributed by atoms with E-state index in [0.717, 1.165) is 31.2 Å². The third kappa shape index (κ3) is 4.46. The van der Waals surface area contributed by atoms with Crippen LogP contribution in [0, 0.1) is 13.8 Å². The molecule has 0 radical (unpaired) electrons. The average molecular weight is 454 g/mol. The Bertz CT molecular complexity index is 1210. The van der Waals surface area contributed by atoms with Crippen LogP contribution in [0.25, 0.3) is 10.2 Å². The number of carbonyl (C=O) groups excluding carboxylic acids is 2. The molecule has 1 aliphatic carbocycles. The summed E-state index contributed by atoms with van der Waals surface area (Å²) >= 11 is 1.17. The molecule has 1 aromatic carbocycles. The van der Waals surface area contributed by atoms with Crippen LogP contribution in [0.2, 0.25) is 0 Å². The zero-order valence-corrected chi connectivity index (χ0v) is 19.3. The number of esters is 1. The molecular formula is C24H27N3O4S. The van der Waals surface area contributed by atoms with Gasteiger partial charge in [0.25, 0.3) is 5.56 Å². The lowest BCUT2D eigenvalue weighted by Gasteiger charge is -2.21. The van der Waals surface area contributed by atoms with Crippen molar-refractivity contribution in [3.8, 4) is 0 Å². The van der Waals surface area contributed by atoms with E-state index >= 15 is 0 Å². The monoisotopic (exact) mass is 453 g/mol. The molecule has 2 heterocycles. The van der Waals surface area contributed by atoms with Gasteiger partial charge in [0.1, 0.15) is 21.9 Å². The number of anilines is 1. The molecule has 0 saturated heterocycles. The first kappa shape index (κ1) is 22.2. The number of hydrogen-bond acceptors (Lipinski definition) is 6. The van der Waals surface area contributed by atoms with Crippen LogP contribution in [0.15, 0.2) is 35.4 Å². The first-order valence-corrected chi connectivity index (χ1v) is 11.8. The van der Waals surface area contributed by atoms with Crippen molar-refractivity contribution in [3.05, 3.63) is 57.0 Å². The van der Waals surface area contributed by atoms with Gasteiger partial charge in [-0.3, -0.25) is 14.2 Å². The summed E-state index contributed by atoms with van der Waals surface area (Å²) in [5, 5.41) is 3.19. The highest BCUT2D eigenvalue weighted by molar-refractivity contribution is 7.20. The Hall–Kier alpha value is -3.00. The lowest BCUT2D eigenvalue weighted by Crippen LogP contribution is -2.31. The van der Waals surface area contributed by atoms with Crippen molar-refractivity contribution < 1.29 is 14.3 Å². The number of aromatic nitrogens is 2. The molecule has 0 bridgehead atoms. The molecular weight excluding hydrogens is 426 g/mol. The van der Waals surface area contributed by atoms with Gasteiger partial charge < -0.3 is 10.1 Å². The molecule has 1 N–H and O–H groups in total. The highest BCUT2D eigenvalue weighted by Gasteiger charge is 2.26. The van der Waals surface area contributed by atoms with Crippen molar-refractivity contribution in [1.29, 1.82) is 0 Å². The molecule has 1 atom stereocenters. The highest BCUT2D eigenvalue weighted by Crippen LogP contribution is 2.29. The van der Waals surface area contributed by atoms with E-state index < -0.39 is 12.0 Å². The van der Waals surface area contributed by atoms with E-state index in [1.54, 1.807) is 13.8 Å². The van der Waals surface area contributed by atoms with E-state index in [1.807, 2.05) is 31.2 Å². The summed E-state index contributed by atoms with van der Waals surface area (Å²) in [5.41, 5.74) is 1.97. The molecule has 7 nitrogen and oxygen atoms in total. The van der Waals surface area contributed by atoms with Crippen molar-refractivity contribution in [3.63, 3.8) is 0 Å². The fourth-order valence-electron chi connectivity index (χ4n) is 4.01. The number of carbonyl (C=O) groups is 2. The smallest absolute Gasteiger partial charge is 0.348 e. The third-order valence-corrected chi connectivity index (χ3v) is 7.18. The lowest BCUT2D eigenvalue weighted by molar-refractivity contribution is -0.118. The number of nitrogens with zero attached hydrogens (tertiary/aromatic N) is 2. The summed E-state index contributed by atoms with van der Waals surface area (Å²) in [4.78, 5) is 44.0. The lowest BCUT2D eigenvalue weighted by atomic mass is 9.98. The second-order valence-electron chi connectivity index (χ2n) is 8.39. The molecule has 3 aromatic rings. The topological polar surface area (TPSA) is 90.3 Å². The number of thiophene rings is 1. The van der Waals surface area contributed by atoms with Crippen LogP contribution in [0.3, 0.4) is 0 Å². The van der Waals surface area contributed by atoms with E-state index in [0.29, 0.717) is 26.3 Å². The van der Waals surface area contributed by atoms with Crippen molar-refractivity contribution in [2.24, 2.45) is 0 Å². The predicted molar refractivity (Wildman–Crippen MR) is 125 cm³/mol. The minimum atomic E-state index is -0.766. The number of rotatable bonds is 5. The van der Waals surface area contributed by atoms with E-state index in [1.165, 1.54) is 28.7 Å². The maximum absolute atomic E-state index is 13.2. The number of aryl methyl sites for hydroxylation is 2. The summed E-state index contributed by atoms with van der Waals surface area (Å²) in [5.74, 6) is -0.713. The van der Waals surface area contributed by atoms with Gasteiger partial charge in [-0.25, -0.2) is 9.78 Å². The quantitative estimate of drug-likeness (QED) is 0.562. The molecule has 168 valence electrons.